The van der Waals surface area contributed by atoms with Crippen LogP contribution in [0.3, 0.4) is 0 Å². The van der Waals surface area contributed by atoms with Gasteiger partial charge in [0, 0.05) is 37.0 Å². The summed E-state index contributed by atoms with van der Waals surface area (Å²) < 4.78 is 44.7. The average molecular weight is 446 g/mol. The minimum atomic E-state index is -3.73. The fourth-order valence-corrected chi connectivity index (χ4v) is 4.69. The van der Waals surface area contributed by atoms with Gasteiger partial charge >= 0.3 is 6.01 Å². The number of pyridine rings is 1. The summed E-state index contributed by atoms with van der Waals surface area (Å²) in [7, 11) is -3.73. The number of hydrogen-bond acceptors (Lipinski definition) is 8. The lowest BCUT2D eigenvalue weighted by atomic mass is 9.98. The second-order valence-corrected chi connectivity index (χ2v) is 8.84. The van der Waals surface area contributed by atoms with Crippen LogP contribution in [0, 0.1) is 11.7 Å². The number of piperidine rings is 1. The highest BCUT2D eigenvalue weighted by Crippen LogP contribution is 2.24. The summed E-state index contributed by atoms with van der Waals surface area (Å²) in [6, 6.07) is 8.15. The van der Waals surface area contributed by atoms with E-state index in [2.05, 4.69) is 26.0 Å². The molecule has 4 rings (SSSR count). The van der Waals surface area contributed by atoms with Gasteiger partial charge in [0.1, 0.15) is 5.82 Å². The van der Waals surface area contributed by atoms with Gasteiger partial charge in [-0.15, -0.1) is 0 Å². The van der Waals surface area contributed by atoms with E-state index in [9.17, 15) is 17.6 Å². The van der Waals surface area contributed by atoms with Gasteiger partial charge in [-0.1, -0.05) is 5.16 Å². The number of sulfonamides is 1. The number of halogens is 1. The van der Waals surface area contributed by atoms with Crippen LogP contribution in [-0.2, 0) is 14.8 Å². The summed E-state index contributed by atoms with van der Waals surface area (Å²) in [5.74, 6) is -0.841. The van der Waals surface area contributed by atoms with E-state index in [0.717, 1.165) is 12.1 Å². The van der Waals surface area contributed by atoms with Crippen LogP contribution >= 0.6 is 0 Å². The third-order valence-electron chi connectivity index (χ3n) is 4.93. The topological polar surface area (TPSA) is 130 Å². The molecule has 1 fully saturated rings. The quantitative estimate of drug-likeness (QED) is 0.549. The molecule has 2 aromatic heterocycles. The normalized spacial score (nSPS) is 15.5. The fourth-order valence-electron chi connectivity index (χ4n) is 3.22. The molecule has 1 aliphatic rings. The van der Waals surface area contributed by atoms with Crippen LogP contribution in [0.2, 0.25) is 0 Å². The first-order chi connectivity index (χ1) is 14.9. The van der Waals surface area contributed by atoms with E-state index in [1.54, 1.807) is 24.5 Å². The third kappa shape index (κ3) is 4.70. The average Bonchev–Trinajstić information content (AvgIpc) is 3.27. The van der Waals surface area contributed by atoms with Crippen molar-refractivity contribution in [3.8, 4) is 11.4 Å². The van der Waals surface area contributed by atoms with Crippen LogP contribution in [0.4, 0.5) is 10.4 Å². The Morgan fingerprint density at radius 1 is 1.10 bits per heavy atom. The Morgan fingerprint density at radius 2 is 1.77 bits per heavy atom. The molecule has 162 valence electrons. The predicted octanol–water partition coefficient (Wildman–Crippen LogP) is 1.81. The zero-order valence-electron chi connectivity index (χ0n) is 16.2. The highest BCUT2D eigenvalue weighted by atomic mass is 32.2. The number of amides is 1. The molecule has 0 spiro atoms. The van der Waals surface area contributed by atoms with Crippen LogP contribution in [0.1, 0.15) is 12.8 Å². The summed E-state index contributed by atoms with van der Waals surface area (Å²) in [5.41, 5.74) is 5.82. The van der Waals surface area contributed by atoms with Crippen LogP contribution in [0.25, 0.3) is 11.4 Å². The minimum absolute atomic E-state index is 0.0245. The van der Waals surface area contributed by atoms with Crippen LogP contribution < -0.4 is 10.9 Å². The predicted molar refractivity (Wildman–Crippen MR) is 107 cm³/mol. The molecule has 2 N–H and O–H groups in total. The van der Waals surface area contributed by atoms with Crippen molar-refractivity contribution in [3.05, 3.63) is 54.6 Å². The highest BCUT2D eigenvalue weighted by Gasteiger charge is 2.32. The molecule has 0 atom stereocenters. The standard InChI is InChI=1S/C19H19FN6O4S/c20-15-1-3-16(4-2-15)31(28,29)26-11-7-14(8-12-26)18(27)23-24-19-22-17(25-30-19)13-5-9-21-10-6-13/h1-6,9-10,14H,7-8,11-12H2,(H,23,27)(H,22,24,25). The largest absolute Gasteiger partial charge is 0.340 e. The molecule has 3 heterocycles. The number of nitrogens with zero attached hydrogens (tertiary/aromatic N) is 4. The van der Waals surface area contributed by atoms with Crippen molar-refractivity contribution >= 4 is 21.9 Å². The van der Waals surface area contributed by atoms with Gasteiger partial charge in [-0.2, -0.15) is 9.29 Å². The molecule has 0 aliphatic carbocycles. The molecule has 10 nitrogen and oxygen atoms in total. The minimum Gasteiger partial charge on any atom is -0.313 e. The number of nitrogens with one attached hydrogen (secondary N) is 2. The molecule has 0 bridgehead atoms. The highest BCUT2D eigenvalue weighted by molar-refractivity contribution is 7.89. The lowest BCUT2D eigenvalue weighted by Gasteiger charge is -2.30. The number of hydrazine groups is 1. The van der Waals surface area contributed by atoms with E-state index in [4.69, 9.17) is 4.52 Å². The number of carbonyl (C=O) groups is 1. The van der Waals surface area contributed by atoms with Gasteiger partial charge in [-0.05, 0) is 49.2 Å². The van der Waals surface area contributed by atoms with Crippen LogP contribution in [0.15, 0.2) is 58.2 Å². The summed E-state index contributed by atoms with van der Waals surface area (Å²) in [6.45, 7) is 0.370. The number of rotatable bonds is 6. The number of anilines is 1. The Morgan fingerprint density at radius 3 is 2.45 bits per heavy atom. The Balaban J connectivity index is 1.30. The second-order valence-electron chi connectivity index (χ2n) is 6.91. The van der Waals surface area contributed by atoms with Crippen molar-refractivity contribution < 1.29 is 22.1 Å². The van der Waals surface area contributed by atoms with E-state index in [1.807, 2.05) is 0 Å². The fraction of sp³-hybridized carbons (Fsp3) is 0.263. The second kappa shape index (κ2) is 8.78. The van der Waals surface area contributed by atoms with E-state index >= 15 is 0 Å². The van der Waals surface area contributed by atoms with Crippen molar-refractivity contribution in [2.75, 3.05) is 18.5 Å². The maximum absolute atomic E-state index is 13.1. The van der Waals surface area contributed by atoms with E-state index in [1.165, 1.54) is 16.4 Å². The monoisotopic (exact) mass is 446 g/mol. The van der Waals surface area contributed by atoms with Crippen LogP contribution in [0.5, 0.6) is 0 Å². The van der Waals surface area contributed by atoms with Gasteiger partial charge in [0.15, 0.2) is 0 Å². The Kier molecular flexibility index (Phi) is 5.91. The third-order valence-corrected chi connectivity index (χ3v) is 6.85. The molecule has 1 aliphatic heterocycles. The van der Waals surface area contributed by atoms with Crippen molar-refractivity contribution in [2.24, 2.45) is 5.92 Å². The first-order valence-corrected chi connectivity index (χ1v) is 10.9. The van der Waals surface area contributed by atoms with Gasteiger partial charge in [0.25, 0.3) is 0 Å². The lowest BCUT2D eigenvalue weighted by molar-refractivity contribution is -0.125. The van der Waals surface area contributed by atoms with Crippen LogP contribution in [-0.4, -0.2) is 46.8 Å². The zero-order chi connectivity index (χ0) is 21.8. The lowest BCUT2D eigenvalue weighted by Crippen LogP contribution is -2.44. The molecular weight excluding hydrogens is 427 g/mol. The molecule has 1 amide bonds. The number of aromatic nitrogens is 3. The molecule has 12 heteroatoms. The first-order valence-electron chi connectivity index (χ1n) is 9.49. The van der Waals surface area contributed by atoms with Gasteiger partial charge in [0.05, 0.1) is 4.90 Å². The Hall–Kier alpha value is -3.38. The maximum atomic E-state index is 13.1. The molecule has 31 heavy (non-hydrogen) atoms. The summed E-state index contributed by atoms with van der Waals surface area (Å²) in [5, 5.41) is 3.82. The summed E-state index contributed by atoms with van der Waals surface area (Å²) in [4.78, 5) is 20.5. The van der Waals surface area contributed by atoms with Gasteiger partial charge in [-0.25, -0.2) is 18.2 Å². The van der Waals surface area contributed by atoms with E-state index in [0.29, 0.717) is 24.2 Å². The molecule has 0 saturated carbocycles. The Labute approximate surface area is 177 Å². The molecular formula is C19H19FN6O4S. The number of benzene rings is 1. The molecule has 0 unspecified atom stereocenters. The van der Waals surface area contributed by atoms with Gasteiger partial charge < -0.3 is 4.52 Å². The van der Waals surface area contributed by atoms with Crippen molar-refractivity contribution in [2.45, 2.75) is 17.7 Å². The molecule has 3 aromatic rings. The number of hydrogen-bond donors (Lipinski definition) is 2. The number of carbonyl (C=O) groups excluding carboxylic acids is 1. The molecule has 0 radical (unpaired) electrons. The Bertz CT molecular complexity index is 1150. The zero-order valence-corrected chi connectivity index (χ0v) is 17.0. The van der Waals surface area contributed by atoms with E-state index in [-0.39, 0.29) is 35.8 Å². The molecule has 1 saturated heterocycles. The summed E-state index contributed by atoms with van der Waals surface area (Å²) in [6.07, 6.45) is 3.90. The van der Waals surface area contributed by atoms with Crippen molar-refractivity contribution in [1.82, 2.24) is 24.9 Å². The summed E-state index contributed by atoms with van der Waals surface area (Å²) >= 11 is 0. The smallest absolute Gasteiger partial charge is 0.313 e. The maximum Gasteiger partial charge on any atom is 0.340 e. The van der Waals surface area contributed by atoms with E-state index < -0.39 is 15.8 Å². The first kappa shape index (κ1) is 20.9. The van der Waals surface area contributed by atoms with Gasteiger partial charge in [-0.3, -0.25) is 15.2 Å². The van der Waals surface area contributed by atoms with Crippen molar-refractivity contribution in [3.63, 3.8) is 0 Å². The van der Waals surface area contributed by atoms with Gasteiger partial charge in [0.2, 0.25) is 21.8 Å². The SMILES string of the molecule is O=C(NNc1nc(-c2ccncc2)no1)C1CCN(S(=O)(=O)c2ccc(F)cc2)CC1. The van der Waals surface area contributed by atoms with Crippen molar-refractivity contribution in [1.29, 1.82) is 0 Å². The molecule has 1 aromatic carbocycles.